The van der Waals surface area contributed by atoms with Gasteiger partial charge in [0.15, 0.2) is 11.6 Å². The number of halogens is 1. The van der Waals surface area contributed by atoms with Crippen molar-refractivity contribution in [3.8, 4) is 11.4 Å². The monoisotopic (exact) mass is 399 g/mol. The van der Waals surface area contributed by atoms with E-state index in [2.05, 4.69) is 10.4 Å². The summed E-state index contributed by atoms with van der Waals surface area (Å²) in [7, 11) is 1.31. The van der Waals surface area contributed by atoms with E-state index in [0.717, 1.165) is 12.1 Å². The number of amides is 1. The highest BCUT2D eigenvalue weighted by atomic mass is 19.1. The Bertz CT molecular complexity index is 1090. The van der Waals surface area contributed by atoms with Gasteiger partial charge in [-0.3, -0.25) is 19.5 Å². The van der Waals surface area contributed by atoms with Crippen molar-refractivity contribution in [2.45, 2.75) is 12.5 Å². The predicted octanol–water partition coefficient (Wildman–Crippen LogP) is 2.26. The molecule has 0 aliphatic carbocycles. The van der Waals surface area contributed by atoms with Crippen LogP contribution in [0.15, 0.2) is 59.4 Å². The van der Waals surface area contributed by atoms with Crippen LogP contribution < -0.4 is 15.6 Å². The highest BCUT2D eigenvalue weighted by Crippen LogP contribution is 2.24. The normalized spacial score (nSPS) is 11.7. The third-order valence-electron chi connectivity index (χ3n) is 4.24. The largest absolute Gasteiger partial charge is 0.494 e. The summed E-state index contributed by atoms with van der Waals surface area (Å²) in [6, 6.07) is 12.7. The Morgan fingerprint density at radius 1 is 1.21 bits per heavy atom. The number of hydrogen-bond acceptors (Lipinski definition) is 4. The average molecular weight is 399 g/mol. The van der Waals surface area contributed by atoms with Gasteiger partial charge in [-0.05, 0) is 29.8 Å². The van der Waals surface area contributed by atoms with Crippen LogP contribution in [0.2, 0.25) is 0 Å². The number of carboxylic acids is 1. The smallest absolute Gasteiger partial charge is 0.305 e. The third-order valence-corrected chi connectivity index (χ3v) is 4.24. The number of H-pyrrole nitrogens is 1. The number of methoxy groups -OCH3 is 1. The maximum Gasteiger partial charge on any atom is 0.305 e. The number of benzene rings is 2. The van der Waals surface area contributed by atoms with Gasteiger partial charge in [0.2, 0.25) is 0 Å². The summed E-state index contributed by atoms with van der Waals surface area (Å²) < 4.78 is 20.1. The fraction of sp³-hybridized carbons (Fsp3) is 0.150. The van der Waals surface area contributed by atoms with Crippen LogP contribution in [-0.4, -0.2) is 33.9 Å². The van der Waals surface area contributed by atoms with Gasteiger partial charge in [0.1, 0.15) is 5.69 Å². The fourth-order valence-corrected chi connectivity index (χ4v) is 2.84. The van der Waals surface area contributed by atoms with E-state index in [-0.39, 0.29) is 17.0 Å². The van der Waals surface area contributed by atoms with Crippen LogP contribution in [0.3, 0.4) is 0 Å². The minimum atomic E-state index is -1.18. The molecule has 1 heterocycles. The van der Waals surface area contributed by atoms with E-state index < -0.39 is 35.7 Å². The lowest BCUT2D eigenvalue weighted by Gasteiger charge is -2.17. The van der Waals surface area contributed by atoms with Gasteiger partial charge < -0.3 is 15.2 Å². The Hall–Kier alpha value is -3.88. The number of aromatic amines is 1. The van der Waals surface area contributed by atoms with E-state index in [0.29, 0.717) is 5.69 Å². The fourth-order valence-electron chi connectivity index (χ4n) is 2.84. The molecule has 0 radical (unpaired) electrons. The lowest BCUT2D eigenvalue weighted by molar-refractivity contribution is -0.137. The first-order valence-corrected chi connectivity index (χ1v) is 8.62. The van der Waals surface area contributed by atoms with Crippen LogP contribution in [-0.2, 0) is 4.79 Å². The van der Waals surface area contributed by atoms with E-state index in [4.69, 9.17) is 9.84 Å². The molecule has 0 aliphatic rings. The van der Waals surface area contributed by atoms with Crippen molar-refractivity contribution in [1.29, 1.82) is 0 Å². The number of para-hydroxylation sites is 1. The molecule has 1 unspecified atom stereocenters. The molecule has 3 N–H and O–H groups in total. The molecule has 3 rings (SSSR count). The number of aliphatic carboxylic acids is 1. The minimum Gasteiger partial charge on any atom is -0.494 e. The molecule has 0 saturated carbocycles. The van der Waals surface area contributed by atoms with Crippen molar-refractivity contribution in [2.24, 2.45) is 0 Å². The minimum absolute atomic E-state index is 0.00146. The number of aromatic nitrogens is 2. The molecule has 3 aromatic rings. The molecular weight excluding hydrogens is 381 g/mol. The van der Waals surface area contributed by atoms with Crippen LogP contribution in [0.25, 0.3) is 5.69 Å². The first-order valence-electron chi connectivity index (χ1n) is 8.62. The van der Waals surface area contributed by atoms with E-state index in [1.165, 1.54) is 23.9 Å². The summed E-state index contributed by atoms with van der Waals surface area (Å²) >= 11 is 0. The molecule has 2 aromatic carbocycles. The molecule has 0 aliphatic heterocycles. The van der Waals surface area contributed by atoms with Crippen molar-refractivity contribution >= 4 is 11.9 Å². The van der Waals surface area contributed by atoms with Crippen molar-refractivity contribution < 1.29 is 23.8 Å². The summed E-state index contributed by atoms with van der Waals surface area (Å²) in [5.41, 5.74) is 0.287. The molecule has 150 valence electrons. The topological polar surface area (TPSA) is 113 Å². The molecule has 29 heavy (non-hydrogen) atoms. The number of nitrogens with zero attached hydrogens (tertiary/aromatic N) is 1. The van der Waals surface area contributed by atoms with E-state index >= 15 is 0 Å². The second kappa shape index (κ2) is 8.42. The van der Waals surface area contributed by atoms with Crippen LogP contribution >= 0.6 is 0 Å². The Kier molecular flexibility index (Phi) is 5.77. The number of rotatable bonds is 7. The number of carbonyl (C=O) groups excluding carboxylic acids is 1. The van der Waals surface area contributed by atoms with Gasteiger partial charge in [-0.15, -0.1) is 0 Å². The van der Waals surface area contributed by atoms with Crippen LogP contribution in [0.1, 0.15) is 28.5 Å². The van der Waals surface area contributed by atoms with Crippen molar-refractivity contribution in [1.82, 2.24) is 15.1 Å². The van der Waals surface area contributed by atoms with E-state index in [9.17, 15) is 18.8 Å². The zero-order valence-corrected chi connectivity index (χ0v) is 15.4. The predicted molar refractivity (Wildman–Crippen MR) is 102 cm³/mol. The Balaban J connectivity index is 1.87. The molecule has 8 nitrogen and oxygen atoms in total. The molecule has 0 fully saturated rings. The second-order valence-electron chi connectivity index (χ2n) is 6.20. The highest BCUT2D eigenvalue weighted by Gasteiger charge is 2.22. The SMILES string of the molecule is COc1ccc(C(CC(=O)O)NC(=O)c2cc(=O)n(-c3ccccc3)[nH]2)cc1F. The standard InChI is InChI=1S/C20H18FN3O5/c1-29-17-8-7-12(9-14(17)21)15(11-19(26)27)22-20(28)16-10-18(25)24(23-16)13-5-3-2-4-6-13/h2-10,15,23H,11H2,1H3,(H,22,28)(H,26,27). The van der Waals surface area contributed by atoms with Crippen molar-refractivity contribution in [2.75, 3.05) is 7.11 Å². The van der Waals surface area contributed by atoms with Crippen molar-refractivity contribution in [3.63, 3.8) is 0 Å². The summed E-state index contributed by atoms with van der Waals surface area (Å²) in [5.74, 6) is -2.56. The molecule has 0 bridgehead atoms. The van der Waals surface area contributed by atoms with Crippen LogP contribution in [0.5, 0.6) is 5.75 Å². The summed E-state index contributed by atoms with van der Waals surface area (Å²) in [6.07, 6.45) is -0.471. The van der Waals surface area contributed by atoms with Gasteiger partial charge in [0.05, 0.1) is 25.3 Å². The highest BCUT2D eigenvalue weighted by molar-refractivity contribution is 5.92. The first-order chi connectivity index (χ1) is 13.9. The molecule has 1 atom stereocenters. The number of nitrogens with one attached hydrogen (secondary N) is 2. The van der Waals surface area contributed by atoms with Gasteiger partial charge in [-0.25, -0.2) is 9.07 Å². The molecule has 1 aromatic heterocycles. The van der Waals surface area contributed by atoms with Crippen LogP contribution in [0.4, 0.5) is 4.39 Å². The Morgan fingerprint density at radius 2 is 1.93 bits per heavy atom. The second-order valence-corrected chi connectivity index (χ2v) is 6.20. The van der Waals surface area contributed by atoms with Crippen molar-refractivity contribution in [3.05, 3.63) is 82.0 Å². The Labute approximate surface area is 164 Å². The number of hydrogen-bond donors (Lipinski definition) is 3. The van der Waals surface area contributed by atoms with E-state index in [1.807, 2.05) is 0 Å². The Morgan fingerprint density at radius 3 is 2.55 bits per heavy atom. The molecule has 0 saturated heterocycles. The van der Waals surface area contributed by atoms with Gasteiger partial charge in [0, 0.05) is 6.07 Å². The van der Waals surface area contributed by atoms with Gasteiger partial charge in [0.25, 0.3) is 11.5 Å². The number of carbonyl (C=O) groups is 2. The number of carboxylic acid groups (broad SMARTS) is 1. The zero-order valence-electron chi connectivity index (χ0n) is 15.4. The summed E-state index contributed by atoms with van der Waals surface area (Å²) in [4.78, 5) is 36.0. The third kappa shape index (κ3) is 4.52. The van der Waals surface area contributed by atoms with Gasteiger partial charge >= 0.3 is 5.97 Å². The molecule has 9 heteroatoms. The molecular formula is C20H18FN3O5. The molecule has 1 amide bonds. The average Bonchev–Trinajstić information content (AvgIpc) is 3.09. The number of ether oxygens (including phenoxy) is 1. The lowest BCUT2D eigenvalue weighted by atomic mass is 10.0. The maximum absolute atomic E-state index is 14.0. The zero-order chi connectivity index (χ0) is 21.0. The van der Waals surface area contributed by atoms with E-state index in [1.54, 1.807) is 30.3 Å². The quantitative estimate of drug-likeness (QED) is 0.564. The van der Waals surface area contributed by atoms with Gasteiger partial charge in [-0.1, -0.05) is 24.3 Å². The lowest BCUT2D eigenvalue weighted by Crippen LogP contribution is -2.30. The summed E-state index contributed by atoms with van der Waals surface area (Å²) in [6.45, 7) is 0. The maximum atomic E-state index is 14.0. The molecule has 0 spiro atoms. The van der Waals surface area contributed by atoms with Crippen LogP contribution in [0, 0.1) is 5.82 Å². The summed E-state index contributed by atoms with van der Waals surface area (Å²) in [5, 5.41) is 14.4. The first kappa shape index (κ1) is 19.9. The van der Waals surface area contributed by atoms with Gasteiger partial charge in [-0.2, -0.15) is 0 Å².